The van der Waals surface area contributed by atoms with E-state index < -0.39 is 0 Å². The van der Waals surface area contributed by atoms with Crippen LogP contribution in [0.1, 0.15) is 51.4 Å². The van der Waals surface area contributed by atoms with E-state index in [1.54, 1.807) is 12.8 Å². The minimum atomic E-state index is 0.715. The van der Waals surface area contributed by atoms with E-state index in [-0.39, 0.29) is 0 Å². The molecule has 0 aromatic rings. The number of hydrogen-bond acceptors (Lipinski definition) is 0. The molecule has 0 N–H and O–H groups in total. The van der Waals surface area contributed by atoms with Gasteiger partial charge in [-0.05, 0) is 75.0 Å². The predicted octanol–water partition coefficient (Wildman–Crippen LogP) is 4.23. The summed E-state index contributed by atoms with van der Waals surface area (Å²) in [5.74, 6) is 4.27. The molecule has 6 aliphatic rings. The average molecular weight is 224 g/mol. The standard InChI is InChI=1S/C17H20/c1-2-10-6-14-8-12-4-3-11-7-13-5-9(1)15(10)17(13,14)16(11)12/h9,11,13-14H,1-8H2. The minimum Gasteiger partial charge on any atom is -0.0695 e. The fourth-order valence-electron chi connectivity index (χ4n) is 7.49. The van der Waals surface area contributed by atoms with Crippen LogP contribution in [0.2, 0.25) is 0 Å². The van der Waals surface area contributed by atoms with E-state index in [9.17, 15) is 0 Å². The van der Waals surface area contributed by atoms with Crippen molar-refractivity contribution in [1.29, 1.82) is 0 Å². The van der Waals surface area contributed by atoms with Gasteiger partial charge in [0.05, 0.1) is 0 Å². The third-order valence-corrected chi connectivity index (χ3v) is 7.47. The van der Waals surface area contributed by atoms with E-state index in [2.05, 4.69) is 11.1 Å². The molecule has 0 heterocycles. The Labute approximate surface area is 103 Å². The van der Waals surface area contributed by atoms with Crippen molar-refractivity contribution in [2.75, 3.05) is 0 Å². The molecule has 0 amide bonds. The van der Waals surface area contributed by atoms with Crippen LogP contribution in [0.4, 0.5) is 0 Å². The van der Waals surface area contributed by atoms with Crippen LogP contribution >= 0.6 is 0 Å². The van der Waals surface area contributed by atoms with Crippen LogP contribution in [-0.2, 0) is 0 Å². The molecular formula is C17H20. The van der Waals surface area contributed by atoms with Gasteiger partial charge < -0.3 is 0 Å². The highest BCUT2D eigenvalue weighted by Gasteiger charge is 2.69. The molecule has 1 spiro atoms. The maximum absolute atomic E-state index is 2.06. The van der Waals surface area contributed by atoms with Crippen LogP contribution in [0.3, 0.4) is 0 Å². The lowest BCUT2D eigenvalue weighted by Crippen LogP contribution is -2.26. The van der Waals surface area contributed by atoms with Crippen molar-refractivity contribution in [3.8, 4) is 0 Å². The second-order valence-corrected chi connectivity index (χ2v) is 7.65. The molecule has 2 atom stereocenters. The van der Waals surface area contributed by atoms with E-state index in [1.165, 1.54) is 38.5 Å². The van der Waals surface area contributed by atoms with Gasteiger partial charge in [-0.15, -0.1) is 0 Å². The molecule has 2 saturated carbocycles. The first-order chi connectivity index (χ1) is 8.39. The summed E-state index contributed by atoms with van der Waals surface area (Å²) in [7, 11) is 0. The van der Waals surface area contributed by atoms with Crippen molar-refractivity contribution >= 4 is 0 Å². The largest absolute Gasteiger partial charge is 0.0695 e. The number of rotatable bonds is 0. The SMILES string of the molecule is C1CC2CC3CC4CCC5=C4C34C2=C1CC4C5. The lowest BCUT2D eigenvalue weighted by molar-refractivity contribution is 0.253. The van der Waals surface area contributed by atoms with Crippen LogP contribution in [0.15, 0.2) is 22.3 Å². The van der Waals surface area contributed by atoms with Gasteiger partial charge in [-0.2, -0.15) is 0 Å². The Morgan fingerprint density at radius 2 is 1.35 bits per heavy atom. The summed E-state index contributed by atoms with van der Waals surface area (Å²) in [5, 5.41) is 0. The highest BCUT2D eigenvalue weighted by Crippen LogP contribution is 2.79. The second kappa shape index (κ2) is 2.31. The zero-order chi connectivity index (χ0) is 10.8. The molecule has 0 aliphatic heterocycles. The monoisotopic (exact) mass is 224 g/mol. The maximum Gasteiger partial charge on any atom is 0.0194 e. The van der Waals surface area contributed by atoms with Crippen molar-refractivity contribution in [3.63, 3.8) is 0 Å². The first-order valence-electron chi connectivity index (χ1n) is 7.83. The van der Waals surface area contributed by atoms with Crippen molar-refractivity contribution in [1.82, 2.24) is 0 Å². The van der Waals surface area contributed by atoms with Gasteiger partial charge in [-0.25, -0.2) is 0 Å². The quantitative estimate of drug-likeness (QED) is 0.540. The Hall–Kier alpha value is -0.520. The van der Waals surface area contributed by atoms with Gasteiger partial charge in [0.25, 0.3) is 0 Å². The van der Waals surface area contributed by atoms with Gasteiger partial charge in [-0.3, -0.25) is 0 Å². The third kappa shape index (κ3) is 0.656. The molecule has 2 unspecified atom stereocenters. The zero-order valence-corrected chi connectivity index (χ0v) is 10.5. The molecule has 17 heavy (non-hydrogen) atoms. The summed E-state index contributed by atoms with van der Waals surface area (Å²) < 4.78 is 0. The molecule has 6 aliphatic carbocycles. The summed E-state index contributed by atoms with van der Waals surface area (Å²) in [4.78, 5) is 0. The predicted molar refractivity (Wildman–Crippen MR) is 67.4 cm³/mol. The molecule has 0 nitrogen and oxygen atoms in total. The molecule has 88 valence electrons. The van der Waals surface area contributed by atoms with Crippen LogP contribution in [0.5, 0.6) is 0 Å². The smallest absolute Gasteiger partial charge is 0.0194 e. The van der Waals surface area contributed by atoms with Crippen molar-refractivity contribution < 1.29 is 0 Å². The molecule has 0 radical (unpaired) electrons. The van der Waals surface area contributed by atoms with E-state index in [1.807, 2.05) is 11.1 Å². The highest BCUT2D eigenvalue weighted by atomic mass is 14.7. The number of allylic oxidation sites excluding steroid dienone is 4. The van der Waals surface area contributed by atoms with Crippen LogP contribution in [-0.4, -0.2) is 0 Å². The minimum absolute atomic E-state index is 0.715. The zero-order valence-electron chi connectivity index (χ0n) is 10.5. The van der Waals surface area contributed by atoms with E-state index in [0.717, 1.165) is 23.7 Å². The van der Waals surface area contributed by atoms with Gasteiger partial charge in [0.2, 0.25) is 0 Å². The second-order valence-electron chi connectivity index (χ2n) is 7.65. The van der Waals surface area contributed by atoms with Gasteiger partial charge in [-0.1, -0.05) is 22.3 Å². The Balaban J connectivity index is 1.71. The molecule has 0 aromatic heterocycles. The summed E-state index contributed by atoms with van der Waals surface area (Å²) >= 11 is 0. The lowest BCUT2D eigenvalue weighted by atomic mass is 9.70. The summed E-state index contributed by atoms with van der Waals surface area (Å²) in [6.07, 6.45) is 12.2. The van der Waals surface area contributed by atoms with Gasteiger partial charge in [0.1, 0.15) is 0 Å². The molecule has 0 saturated heterocycles. The van der Waals surface area contributed by atoms with Crippen molar-refractivity contribution in [2.24, 2.45) is 29.1 Å². The Kier molecular flexibility index (Phi) is 1.16. The number of hydrogen-bond donors (Lipinski definition) is 0. The fraction of sp³-hybridized carbons (Fsp3) is 0.765. The highest BCUT2D eigenvalue weighted by molar-refractivity contribution is 5.56. The maximum atomic E-state index is 2.06. The van der Waals surface area contributed by atoms with Gasteiger partial charge >= 0.3 is 0 Å². The summed E-state index contributed by atoms with van der Waals surface area (Å²) in [6, 6.07) is 0. The van der Waals surface area contributed by atoms with Gasteiger partial charge in [0, 0.05) is 5.41 Å². The van der Waals surface area contributed by atoms with Crippen LogP contribution < -0.4 is 0 Å². The van der Waals surface area contributed by atoms with Gasteiger partial charge in [0.15, 0.2) is 0 Å². The Morgan fingerprint density at radius 3 is 1.94 bits per heavy atom. The molecule has 0 aromatic carbocycles. The van der Waals surface area contributed by atoms with E-state index in [0.29, 0.717) is 5.41 Å². The molecule has 0 bridgehead atoms. The van der Waals surface area contributed by atoms with Crippen LogP contribution in [0, 0.1) is 29.1 Å². The summed E-state index contributed by atoms with van der Waals surface area (Å²) in [5.41, 5.74) is 8.75. The molecule has 0 heteroatoms. The van der Waals surface area contributed by atoms with Crippen molar-refractivity contribution in [3.05, 3.63) is 22.3 Å². The molecule has 6 rings (SSSR count). The van der Waals surface area contributed by atoms with Crippen molar-refractivity contribution in [2.45, 2.75) is 51.4 Å². The van der Waals surface area contributed by atoms with E-state index in [4.69, 9.17) is 0 Å². The molecule has 2 fully saturated rings. The first kappa shape index (κ1) is 8.56. The normalized spacial score (nSPS) is 56.5. The Bertz CT molecular complexity index is 476. The summed E-state index contributed by atoms with van der Waals surface area (Å²) in [6.45, 7) is 0. The topological polar surface area (TPSA) is 0 Å². The lowest BCUT2D eigenvalue weighted by Gasteiger charge is -2.32. The van der Waals surface area contributed by atoms with E-state index >= 15 is 0 Å². The van der Waals surface area contributed by atoms with Crippen LogP contribution in [0.25, 0.3) is 0 Å². The Morgan fingerprint density at radius 1 is 0.765 bits per heavy atom. The third-order valence-electron chi connectivity index (χ3n) is 7.47. The first-order valence-corrected chi connectivity index (χ1v) is 7.83. The molecular weight excluding hydrogens is 204 g/mol. The fourth-order valence-corrected chi connectivity index (χ4v) is 7.49. The average Bonchev–Trinajstić information content (AvgIpc) is 2.97.